The number of aliphatic imine (C=N–C) groups is 1. The lowest BCUT2D eigenvalue weighted by molar-refractivity contribution is 0.374. The molecule has 1 aromatic carbocycles. The fourth-order valence-corrected chi connectivity index (χ4v) is 3.27. The largest absolute Gasteiger partial charge is 0.497 e. The first-order valence-electron chi connectivity index (χ1n) is 8.08. The molecule has 5 nitrogen and oxygen atoms in total. The predicted molar refractivity (Wildman–Crippen MR) is 103 cm³/mol. The Morgan fingerprint density at radius 3 is 2.09 bits per heavy atom. The van der Waals surface area contributed by atoms with Gasteiger partial charge in [0.25, 0.3) is 0 Å². The van der Waals surface area contributed by atoms with Crippen molar-refractivity contribution < 1.29 is 9.47 Å². The van der Waals surface area contributed by atoms with Gasteiger partial charge in [-0.25, -0.2) is 0 Å². The van der Waals surface area contributed by atoms with Crippen LogP contribution in [0.3, 0.4) is 0 Å². The lowest BCUT2D eigenvalue weighted by Gasteiger charge is -2.23. The van der Waals surface area contributed by atoms with Gasteiger partial charge in [-0.1, -0.05) is 12.8 Å². The molecule has 1 saturated carbocycles. The van der Waals surface area contributed by atoms with Gasteiger partial charge >= 0.3 is 0 Å². The van der Waals surface area contributed by atoms with Crippen LogP contribution in [0.2, 0.25) is 0 Å². The first-order chi connectivity index (χ1) is 10.8. The highest BCUT2D eigenvalue weighted by Gasteiger charge is 2.31. The number of nitrogens with zero attached hydrogens (tertiary/aromatic N) is 1. The Balaban J connectivity index is 0.00000192. The average Bonchev–Trinajstić information content (AvgIpc) is 2.97. The van der Waals surface area contributed by atoms with Crippen LogP contribution in [0.15, 0.2) is 23.2 Å². The number of nitrogens with one attached hydrogen (secondary N) is 2. The maximum Gasteiger partial charge on any atom is 0.191 e. The third kappa shape index (κ3) is 4.65. The number of fused-ring (bicyclic) bond motifs is 1. The highest BCUT2D eigenvalue weighted by Crippen LogP contribution is 2.23. The zero-order chi connectivity index (χ0) is 15.4. The molecular weight excluding hydrogens is 405 g/mol. The maximum absolute atomic E-state index is 5.30. The van der Waals surface area contributed by atoms with Gasteiger partial charge in [-0.15, -0.1) is 24.0 Å². The van der Waals surface area contributed by atoms with Crippen LogP contribution in [-0.2, 0) is 6.42 Å². The third-order valence-electron chi connectivity index (χ3n) is 4.49. The van der Waals surface area contributed by atoms with Crippen LogP contribution in [0.5, 0.6) is 11.5 Å². The monoisotopic (exact) mass is 431 g/mol. The average molecular weight is 431 g/mol. The van der Waals surface area contributed by atoms with Crippen molar-refractivity contribution in [2.24, 2.45) is 4.99 Å². The van der Waals surface area contributed by atoms with Gasteiger partial charge in [0.2, 0.25) is 0 Å². The van der Waals surface area contributed by atoms with Gasteiger partial charge < -0.3 is 20.1 Å². The van der Waals surface area contributed by atoms with E-state index in [-0.39, 0.29) is 24.0 Å². The van der Waals surface area contributed by atoms with Crippen LogP contribution in [0.25, 0.3) is 0 Å². The molecule has 2 atom stereocenters. The van der Waals surface area contributed by atoms with Crippen molar-refractivity contribution in [3.63, 3.8) is 0 Å². The molecule has 2 fully saturated rings. The van der Waals surface area contributed by atoms with Crippen LogP contribution in [0.4, 0.5) is 0 Å². The quantitative estimate of drug-likeness (QED) is 0.705. The minimum Gasteiger partial charge on any atom is -0.497 e. The van der Waals surface area contributed by atoms with Crippen molar-refractivity contribution in [3.8, 4) is 11.5 Å². The molecular formula is C17H26IN3O2. The van der Waals surface area contributed by atoms with Gasteiger partial charge in [-0.3, -0.25) is 4.99 Å². The van der Waals surface area contributed by atoms with Crippen molar-refractivity contribution in [1.29, 1.82) is 0 Å². The molecule has 0 unspecified atom stereocenters. The van der Waals surface area contributed by atoms with E-state index < -0.39 is 0 Å². The normalized spacial score (nSPS) is 24.2. The summed E-state index contributed by atoms with van der Waals surface area (Å²) in [5.41, 5.74) is 1.18. The number of hydrogen-bond donors (Lipinski definition) is 2. The zero-order valence-electron chi connectivity index (χ0n) is 13.8. The fourth-order valence-electron chi connectivity index (χ4n) is 3.27. The first kappa shape index (κ1) is 18.2. The summed E-state index contributed by atoms with van der Waals surface area (Å²) >= 11 is 0. The molecule has 128 valence electrons. The van der Waals surface area contributed by atoms with Crippen LogP contribution in [0.1, 0.15) is 31.2 Å². The number of rotatable bonds is 5. The fraction of sp³-hybridized carbons (Fsp3) is 0.588. The molecule has 6 heteroatoms. The van der Waals surface area contributed by atoms with E-state index in [0.717, 1.165) is 30.4 Å². The molecule has 1 aliphatic carbocycles. The minimum absolute atomic E-state index is 0. The molecule has 0 bridgehead atoms. The van der Waals surface area contributed by atoms with Gasteiger partial charge in [-0.05, 0) is 37.0 Å². The number of guanidine groups is 1. The van der Waals surface area contributed by atoms with E-state index in [4.69, 9.17) is 9.47 Å². The first-order valence-corrected chi connectivity index (χ1v) is 8.08. The number of ether oxygens (including phenoxy) is 2. The summed E-state index contributed by atoms with van der Waals surface area (Å²) in [4.78, 5) is 4.67. The van der Waals surface area contributed by atoms with E-state index in [9.17, 15) is 0 Å². The lowest BCUT2D eigenvalue weighted by Crippen LogP contribution is -2.36. The SMILES string of the molecule is COc1cc(CCN=C2N[C@H]3CCCC[C@H]3N2)cc(OC)c1.I. The van der Waals surface area contributed by atoms with E-state index in [1.54, 1.807) is 14.2 Å². The smallest absolute Gasteiger partial charge is 0.191 e. The Morgan fingerprint density at radius 2 is 1.57 bits per heavy atom. The van der Waals surface area contributed by atoms with Crippen molar-refractivity contribution in [2.75, 3.05) is 20.8 Å². The Kier molecular flexibility index (Phi) is 6.80. The van der Waals surface area contributed by atoms with Crippen molar-refractivity contribution >= 4 is 29.9 Å². The number of halogens is 1. The van der Waals surface area contributed by atoms with Gasteiger partial charge in [-0.2, -0.15) is 0 Å². The zero-order valence-corrected chi connectivity index (χ0v) is 16.1. The molecule has 23 heavy (non-hydrogen) atoms. The second-order valence-electron chi connectivity index (χ2n) is 5.99. The van der Waals surface area contributed by atoms with E-state index in [1.165, 1.54) is 31.2 Å². The molecule has 2 aliphatic rings. The molecule has 0 radical (unpaired) electrons. The standard InChI is InChI=1S/C17H25N3O2.HI/c1-21-13-9-12(10-14(11-13)22-2)7-8-18-17-19-15-5-3-4-6-16(15)20-17;/h9-11,15-16H,3-8H2,1-2H3,(H2,18,19,20);1H/t15-,16+;. The van der Waals surface area contributed by atoms with Crippen LogP contribution in [-0.4, -0.2) is 38.8 Å². The maximum atomic E-state index is 5.30. The third-order valence-corrected chi connectivity index (χ3v) is 4.49. The predicted octanol–water partition coefficient (Wildman–Crippen LogP) is 2.72. The van der Waals surface area contributed by atoms with Crippen molar-refractivity contribution in [2.45, 2.75) is 44.2 Å². The highest BCUT2D eigenvalue weighted by atomic mass is 127. The highest BCUT2D eigenvalue weighted by molar-refractivity contribution is 14.0. The van der Waals surface area contributed by atoms with E-state index in [1.807, 2.05) is 18.2 Å². The van der Waals surface area contributed by atoms with Gasteiger partial charge in [0, 0.05) is 24.7 Å². The molecule has 2 N–H and O–H groups in total. The number of methoxy groups -OCH3 is 2. The summed E-state index contributed by atoms with van der Waals surface area (Å²) in [7, 11) is 3.35. The van der Waals surface area contributed by atoms with Gasteiger partial charge in [0.15, 0.2) is 5.96 Å². The Bertz CT molecular complexity index is 512. The van der Waals surface area contributed by atoms with Crippen LogP contribution >= 0.6 is 24.0 Å². The molecule has 1 aliphatic heterocycles. The second kappa shape index (κ2) is 8.61. The van der Waals surface area contributed by atoms with E-state index in [0.29, 0.717) is 12.1 Å². The molecule has 1 saturated heterocycles. The Hall–Kier alpha value is -1.18. The van der Waals surface area contributed by atoms with Crippen LogP contribution < -0.4 is 20.1 Å². The lowest BCUT2D eigenvalue weighted by atomic mass is 9.92. The molecule has 0 amide bonds. The topological polar surface area (TPSA) is 54.9 Å². The molecule has 3 rings (SSSR count). The molecule has 1 heterocycles. The van der Waals surface area contributed by atoms with Gasteiger partial charge in [0.05, 0.1) is 14.2 Å². The second-order valence-corrected chi connectivity index (χ2v) is 5.99. The van der Waals surface area contributed by atoms with Crippen LogP contribution in [0, 0.1) is 0 Å². The Morgan fingerprint density at radius 1 is 1.00 bits per heavy atom. The minimum atomic E-state index is 0. The molecule has 1 aromatic rings. The van der Waals surface area contributed by atoms with E-state index >= 15 is 0 Å². The van der Waals surface area contributed by atoms with E-state index in [2.05, 4.69) is 15.6 Å². The summed E-state index contributed by atoms with van der Waals surface area (Å²) in [6, 6.07) is 7.12. The molecule has 0 aromatic heterocycles. The summed E-state index contributed by atoms with van der Waals surface area (Å²) in [5, 5.41) is 7.03. The Labute approximate surface area is 155 Å². The number of benzene rings is 1. The van der Waals surface area contributed by atoms with Gasteiger partial charge in [0.1, 0.15) is 11.5 Å². The number of hydrogen-bond acceptors (Lipinski definition) is 3. The summed E-state index contributed by atoms with van der Waals surface area (Å²) in [5.74, 6) is 2.61. The summed E-state index contributed by atoms with van der Waals surface area (Å²) in [6.07, 6.45) is 6.03. The van der Waals surface area contributed by atoms with Crippen molar-refractivity contribution in [1.82, 2.24) is 10.6 Å². The summed E-state index contributed by atoms with van der Waals surface area (Å²) in [6.45, 7) is 0.755. The summed E-state index contributed by atoms with van der Waals surface area (Å²) < 4.78 is 10.6. The molecule has 0 spiro atoms. The van der Waals surface area contributed by atoms with Crippen molar-refractivity contribution in [3.05, 3.63) is 23.8 Å².